The Bertz CT molecular complexity index is 720. The van der Waals surface area contributed by atoms with Crippen molar-refractivity contribution in [2.75, 3.05) is 12.5 Å². The Kier molecular flexibility index (Phi) is 5.70. The molecule has 23 heavy (non-hydrogen) atoms. The van der Waals surface area contributed by atoms with Crippen molar-refractivity contribution >= 4 is 28.1 Å². The second-order valence-corrected chi connectivity index (χ2v) is 7.15. The standard InChI is InChI=1S/C17H15F3OS2/c1-22-16(23(2)21)15(12-6-4-3-5-7-12)13-8-10-14(11-9-13)17(18,19)20/h3-11H,1-2H3/b16-15+. The van der Waals surface area contributed by atoms with E-state index in [2.05, 4.69) is 0 Å². The first-order chi connectivity index (χ1) is 10.8. The van der Waals surface area contributed by atoms with Gasteiger partial charge in [-0.2, -0.15) is 13.2 Å². The SMILES string of the molecule is CS/C(=C(/c1ccccc1)c1ccc(C(F)(F)F)cc1)S(C)=O. The molecule has 6 heteroatoms. The number of alkyl halides is 3. The topological polar surface area (TPSA) is 17.1 Å². The van der Waals surface area contributed by atoms with Gasteiger partial charge in [0.25, 0.3) is 0 Å². The second kappa shape index (κ2) is 7.36. The van der Waals surface area contributed by atoms with Crippen molar-refractivity contribution in [2.24, 2.45) is 0 Å². The predicted octanol–water partition coefficient (Wildman–Crippen LogP) is 5.16. The maximum absolute atomic E-state index is 12.7. The molecule has 2 rings (SSSR count). The molecule has 0 aliphatic rings. The van der Waals surface area contributed by atoms with Crippen LogP contribution >= 0.6 is 11.8 Å². The van der Waals surface area contributed by atoms with Crippen LogP contribution in [-0.4, -0.2) is 16.7 Å². The highest BCUT2D eigenvalue weighted by atomic mass is 32.2. The quantitative estimate of drug-likeness (QED) is 0.752. The van der Waals surface area contributed by atoms with Gasteiger partial charge in [-0.15, -0.1) is 11.8 Å². The molecule has 2 aromatic rings. The fraction of sp³-hybridized carbons (Fsp3) is 0.176. The summed E-state index contributed by atoms with van der Waals surface area (Å²) < 4.78 is 50.9. The van der Waals surface area contributed by atoms with Gasteiger partial charge < -0.3 is 0 Å². The fourth-order valence-electron chi connectivity index (χ4n) is 2.20. The maximum atomic E-state index is 12.7. The van der Waals surface area contributed by atoms with Crippen LogP contribution in [-0.2, 0) is 17.0 Å². The molecular formula is C17H15F3OS2. The third-order valence-electron chi connectivity index (χ3n) is 3.21. The van der Waals surface area contributed by atoms with Gasteiger partial charge in [0.2, 0.25) is 0 Å². The molecule has 0 aromatic heterocycles. The molecule has 0 aliphatic carbocycles. The monoisotopic (exact) mass is 356 g/mol. The Balaban J connectivity index is 2.62. The van der Waals surface area contributed by atoms with Gasteiger partial charge in [-0.25, -0.2) is 0 Å². The predicted molar refractivity (Wildman–Crippen MR) is 91.5 cm³/mol. The molecule has 0 N–H and O–H groups in total. The first kappa shape index (κ1) is 17.8. The van der Waals surface area contributed by atoms with Crippen molar-refractivity contribution in [2.45, 2.75) is 6.18 Å². The summed E-state index contributed by atoms with van der Waals surface area (Å²) in [5.41, 5.74) is 1.44. The van der Waals surface area contributed by atoms with E-state index < -0.39 is 22.5 Å². The van der Waals surface area contributed by atoms with E-state index in [1.165, 1.54) is 23.9 Å². The zero-order valence-electron chi connectivity index (χ0n) is 12.6. The number of benzene rings is 2. The van der Waals surface area contributed by atoms with E-state index in [-0.39, 0.29) is 0 Å². The third kappa shape index (κ3) is 4.26. The molecule has 0 saturated carbocycles. The molecule has 1 unspecified atom stereocenters. The zero-order valence-corrected chi connectivity index (χ0v) is 14.2. The minimum atomic E-state index is -4.37. The minimum absolute atomic E-state index is 0.615. The van der Waals surface area contributed by atoms with Crippen molar-refractivity contribution in [1.29, 1.82) is 0 Å². The van der Waals surface area contributed by atoms with E-state index in [0.717, 1.165) is 17.7 Å². The molecule has 0 fully saturated rings. The first-order valence-electron chi connectivity index (χ1n) is 6.69. The van der Waals surface area contributed by atoms with Crippen molar-refractivity contribution in [3.05, 3.63) is 75.5 Å². The summed E-state index contributed by atoms with van der Waals surface area (Å²) in [4.78, 5) is 0. The van der Waals surface area contributed by atoms with Crippen LogP contribution in [0.2, 0.25) is 0 Å². The molecule has 0 heterocycles. The lowest BCUT2D eigenvalue weighted by molar-refractivity contribution is -0.137. The molecule has 0 aliphatic heterocycles. The van der Waals surface area contributed by atoms with E-state index in [4.69, 9.17) is 0 Å². The number of thioether (sulfide) groups is 1. The molecule has 0 amide bonds. The molecule has 1 atom stereocenters. The van der Waals surface area contributed by atoms with E-state index in [1.807, 2.05) is 36.6 Å². The number of hydrogen-bond acceptors (Lipinski definition) is 2. The Morgan fingerprint density at radius 1 is 0.957 bits per heavy atom. The summed E-state index contributed by atoms with van der Waals surface area (Å²) >= 11 is 1.34. The van der Waals surface area contributed by atoms with Gasteiger partial charge in [0.15, 0.2) is 0 Å². The minimum Gasteiger partial charge on any atom is -0.254 e. The highest BCUT2D eigenvalue weighted by molar-refractivity contribution is 8.16. The molecule has 1 nitrogen and oxygen atoms in total. The largest absolute Gasteiger partial charge is 0.416 e. The highest BCUT2D eigenvalue weighted by Gasteiger charge is 2.30. The number of hydrogen-bond donors (Lipinski definition) is 0. The number of rotatable bonds is 4. The van der Waals surface area contributed by atoms with Crippen LogP contribution in [0.15, 0.2) is 58.8 Å². The lowest BCUT2D eigenvalue weighted by atomic mass is 9.98. The molecule has 0 radical (unpaired) electrons. The summed E-state index contributed by atoms with van der Waals surface area (Å²) in [5, 5.41) is 0. The van der Waals surface area contributed by atoms with Crippen molar-refractivity contribution < 1.29 is 17.4 Å². The summed E-state index contributed by atoms with van der Waals surface area (Å²) in [6, 6.07) is 14.2. The van der Waals surface area contributed by atoms with Crippen LogP contribution in [0.4, 0.5) is 13.2 Å². The molecule has 0 saturated heterocycles. The molecular weight excluding hydrogens is 341 g/mol. The maximum Gasteiger partial charge on any atom is 0.416 e. The van der Waals surface area contributed by atoms with Crippen LogP contribution in [0.1, 0.15) is 16.7 Å². The molecule has 0 bridgehead atoms. The van der Waals surface area contributed by atoms with Gasteiger partial charge in [-0.3, -0.25) is 4.21 Å². The lowest BCUT2D eigenvalue weighted by Gasteiger charge is -2.14. The van der Waals surface area contributed by atoms with Crippen molar-refractivity contribution in [1.82, 2.24) is 0 Å². The number of halogens is 3. The Morgan fingerprint density at radius 3 is 1.91 bits per heavy atom. The highest BCUT2D eigenvalue weighted by Crippen LogP contribution is 2.35. The van der Waals surface area contributed by atoms with Gasteiger partial charge in [0.1, 0.15) is 0 Å². The third-order valence-corrected chi connectivity index (χ3v) is 5.72. The van der Waals surface area contributed by atoms with Crippen LogP contribution in [0.3, 0.4) is 0 Å². The van der Waals surface area contributed by atoms with E-state index >= 15 is 0 Å². The smallest absolute Gasteiger partial charge is 0.254 e. The van der Waals surface area contributed by atoms with E-state index in [9.17, 15) is 17.4 Å². The summed E-state index contributed by atoms with van der Waals surface area (Å²) in [7, 11) is -1.24. The van der Waals surface area contributed by atoms with Crippen LogP contribution in [0.5, 0.6) is 0 Å². The summed E-state index contributed by atoms with van der Waals surface area (Å²) in [5.74, 6) is 0. The Morgan fingerprint density at radius 2 is 1.48 bits per heavy atom. The van der Waals surface area contributed by atoms with Crippen molar-refractivity contribution in [3.8, 4) is 0 Å². The fourth-order valence-corrected chi connectivity index (χ4v) is 4.10. The summed E-state index contributed by atoms with van der Waals surface area (Å²) in [6.45, 7) is 0. The normalized spacial score (nSPS) is 14.3. The van der Waals surface area contributed by atoms with Gasteiger partial charge in [0, 0.05) is 11.8 Å². The second-order valence-electron chi connectivity index (χ2n) is 4.76. The van der Waals surface area contributed by atoms with Crippen LogP contribution in [0.25, 0.3) is 5.57 Å². The average Bonchev–Trinajstić information content (AvgIpc) is 2.52. The average molecular weight is 356 g/mol. The summed E-state index contributed by atoms with van der Waals surface area (Å²) in [6.07, 6.45) is -0.992. The van der Waals surface area contributed by atoms with E-state index in [0.29, 0.717) is 15.4 Å². The first-order valence-corrected chi connectivity index (χ1v) is 9.47. The van der Waals surface area contributed by atoms with Gasteiger partial charge in [0.05, 0.1) is 20.6 Å². The van der Waals surface area contributed by atoms with E-state index in [1.54, 1.807) is 6.26 Å². The Hall–Kier alpha value is -1.53. The zero-order chi connectivity index (χ0) is 17.0. The van der Waals surface area contributed by atoms with Crippen LogP contribution in [0, 0.1) is 0 Å². The Labute approximate surface area is 140 Å². The van der Waals surface area contributed by atoms with Gasteiger partial charge >= 0.3 is 6.18 Å². The lowest BCUT2D eigenvalue weighted by Crippen LogP contribution is -2.05. The van der Waals surface area contributed by atoms with Crippen LogP contribution < -0.4 is 0 Å². The molecule has 122 valence electrons. The van der Waals surface area contributed by atoms with Gasteiger partial charge in [-0.05, 0) is 29.5 Å². The van der Waals surface area contributed by atoms with Gasteiger partial charge in [-0.1, -0.05) is 42.5 Å². The molecule has 2 aromatic carbocycles. The van der Waals surface area contributed by atoms with Crippen molar-refractivity contribution in [3.63, 3.8) is 0 Å². The molecule has 0 spiro atoms.